The van der Waals surface area contributed by atoms with Crippen molar-refractivity contribution in [1.29, 1.82) is 0 Å². The highest BCUT2D eigenvalue weighted by Crippen LogP contribution is 2.61. The van der Waals surface area contributed by atoms with Crippen molar-refractivity contribution in [3.05, 3.63) is 77.1 Å². The summed E-state index contributed by atoms with van der Waals surface area (Å²) in [4.78, 5) is 31.8. The van der Waals surface area contributed by atoms with Crippen LogP contribution in [0, 0.1) is 11.8 Å². The van der Waals surface area contributed by atoms with Gasteiger partial charge < -0.3 is 0 Å². The molecule has 2 amide bonds. The molecule has 26 heavy (non-hydrogen) atoms. The summed E-state index contributed by atoms with van der Waals surface area (Å²) in [6.07, 6.45) is 1.32. The van der Waals surface area contributed by atoms with E-state index in [1.807, 2.05) is 24.3 Å². The molecule has 2 unspecified atom stereocenters. The van der Waals surface area contributed by atoms with Gasteiger partial charge >= 0.3 is 0 Å². The SMILES string of the molecule is O=C1C2C3c4ccccc4C(c4ccccc43)C2C(=O)N1c1ncn[nH]1. The van der Waals surface area contributed by atoms with Gasteiger partial charge in [-0.15, -0.1) is 0 Å². The third-order valence-electron chi connectivity index (χ3n) is 6.06. The number of aromatic amines is 1. The molecule has 0 radical (unpaired) electrons. The number of nitrogens with zero attached hydrogens (tertiary/aromatic N) is 3. The van der Waals surface area contributed by atoms with Crippen LogP contribution in [0.5, 0.6) is 0 Å². The van der Waals surface area contributed by atoms with Crippen molar-refractivity contribution in [2.45, 2.75) is 11.8 Å². The maximum Gasteiger partial charge on any atom is 0.241 e. The van der Waals surface area contributed by atoms with E-state index in [0.717, 1.165) is 22.3 Å². The van der Waals surface area contributed by atoms with E-state index in [0.29, 0.717) is 0 Å². The Morgan fingerprint density at radius 1 is 0.769 bits per heavy atom. The van der Waals surface area contributed by atoms with Crippen LogP contribution in [0.15, 0.2) is 54.9 Å². The van der Waals surface area contributed by atoms with Gasteiger partial charge in [0.1, 0.15) is 6.33 Å². The first kappa shape index (κ1) is 13.9. The number of imide groups is 1. The fourth-order valence-corrected chi connectivity index (χ4v) is 5.19. The van der Waals surface area contributed by atoms with Crippen LogP contribution in [0.4, 0.5) is 5.95 Å². The molecule has 1 aliphatic heterocycles. The van der Waals surface area contributed by atoms with Gasteiger partial charge in [0.15, 0.2) is 0 Å². The molecule has 4 aliphatic rings. The zero-order chi connectivity index (χ0) is 17.4. The number of hydrogen-bond acceptors (Lipinski definition) is 4. The summed E-state index contributed by atoms with van der Waals surface area (Å²) in [6.45, 7) is 0. The van der Waals surface area contributed by atoms with Crippen LogP contribution in [-0.2, 0) is 9.59 Å². The average Bonchev–Trinajstić information content (AvgIpc) is 3.29. The topological polar surface area (TPSA) is 79.0 Å². The van der Waals surface area contributed by atoms with Gasteiger partial charge in [0.05, 0.1) is 11.8 Å². The van der Waals surface area contributed by atoms with Crippen molar-refractivity contribution >= 4 is 17.8 Å². The molecule has 3 aliphatic carbocycles. The number of nitrogens with one attached hydrogen (secondary N) is 1. The van der Waals surface area contributed by atoms with Crippen LogP contribution >= 0.6 is 0 Å². The molecule has 1 aromatic heterocycles. The average molecular weight is 342 g/mol. The highest BCUT2D eigenvalue weighted by atomic mass is 16.2. The van der Waals surface area contributed by atoms with E-state index in [4.69, 9.17) is 0 Å². The molecule has 2 aromatic carbocycles. The van der Waals surface area contributed by atoms with Crippen LogP contribution in [0.1, 0.15) is 34.1 Å². The van der Waals surface area contributed by atoms with E-state index in [1.54, 1.807) is 0 Å². The number of aromatic nitrogens is 3. The van der Waals surface area contributed by atoms with E-state index >= 15 is 0 Å². The Labute approximate surface area is 148 Å². The van der Waals surface area contributed by atoms with Gasteiger partial charge in [0, 0.05) is 11.8 Å². The zero-order valence-corrected chi connectivity index (χ0v) is 13.7. The fraction of sp³-hybridized carbons (Fsp3) is 0.200. The van der Waals surface area contributed by atoms with Gasteiger partial charge in [-0.25, -0.2) is 10.00 Å². The minimum atomic E-state index is -0.387. The molecule has 2 heterocycles. The van der Waals surface area contributed by atoms with Crippen molar-refractivity contribution in [2.75, 3.05) is 4.90 Å². The Bertz CT molecular complexity index is 959. The van der Waals surface area contributed by atoms with Crippen molar-refractivity contribution in [3.8, 4) is 0 Å². The third kappa shape index (κ3) is 1.48. The number of benzene rings is 2. The highest BCUT2D eigenvalue weighted by Gasteiger charge is 2.62. The molecule has 126 valence electrons. The summed E-state index contributed by atoms with van der Waals surface area (Å²) in [5.41, 5.74) is 4.66. The molecule has 0 saturated carbocycles. The predicted molar refractivity (Wildman–Crippen MR) is 92.4 cm³/mol. The number of carbonyl (C=O) groups is 2. The van der Waals surface area contributed by atoms with Gasteiger partial charge in [0.2, 0.25) is 17.8 Å². The molecule has 2 bridgehead atoms. The quantitative estimate of drug-likeness (QED) is 0.688. The van der Waals surface area contributed by atoms with E-state index in [9.17, 15) is 9.59 Å². The normalized spacial score (nSPS) is 28.1. The lowest BCUT2D eigenvalue weighted by Crippen LogP contribution is -2.41. The van der Waals surface area contributed by atoms with E-state index in [1.165, 1.54) is 11.2 Å². The molecule has 6 heteroatoms. The van der Waals surface area contributed by atoms with E-state index < -0.39 is 0 Å². The van der Waals surface area contributed by atoms with Crippen LogP contribution in [-0.4, -0.2) is 27.0 Å². The summed E-state index contributed by atoms with van der Waals surface area (Å²) in [5, 5.41) is 6.47. The van der Waals surface area contributed by atoms with Gasteiger partial charge in [-0.1, -0.05) is 48.5 Å². The van der Waals surface area contributed by atoms with Crippen molar-refractivity contribution in [2.24, 2.45) is 11.8 Å². The van der Waals surface area contributed by atoms with Crippen LogP contribution in [0.3, 0.4) is 0 Å². The molecule has 1 saturated heterocycles. The molecule has 7 rings (SSSR count). The minimum Gasteiger partial charge on any atom is -0.274 e. The largest absolute Gasteiger partial charge is 0.274 e. The molecule has 3 aromatic rings. The first-order chi connectivity index (χ1) is 12.8. The lowest BCUT2D eigenvalue weighted by Gasteiger charge is -2.45. The number of anilines is 1. The second kappa shape index (κ2) is 4.66. The van der Waals surface area contributed by atoms with Gasteiger partial charge in [-0.3, -0.25) is 9.59 Å². The maximum atomic E-state index is 13.3. The maximum absolute atomic E-state index is 13.3. The Balaban J connectivity index is 1.62. The number of hydrogen-bond donors (Lipinski definition) is 1. The number of amides is 2. The van der Waals surface area contributed by atoms with E-state index in [-0.39, 0.29) is 41.4 Å². The minimum absolute atomic E-state index is 0.0956. The first-order valence-corrected chi connectivity index (χ1v) is 8.68. The summed E-state index contributed by atoms with van der Waals surface area (Å²) in [6, 6.07) is 16.4. The monoisotopic (exact) mass is 342 g/mol. The molecule has 1 fully saturated rings. The number of rotatable bonds is 1. The predicted octanol–water partition coefficient (Wildman–Crippen LogP) is 2.20. The lowest BCUT2D eigenvalue weighted by molar-refractivity contribution is -0.122. The summed E-state index contributed by atoms with van der Waals surface area (Å²) >= 11 is 0. The third-order valence-corrected chi connectivity index (χ3v) is 6.06. The Kier molecular flexibility index (Phi) is 2.50. The zero-order valence-electron chi connectivity index (χ0n) is 13.7. The fourth-order valence-electron chi connectivity index (χ4n) is 5.19. The van der Waals surface area contributed by atoms with Crippen LogP contribution in [0.2, 0.25) is 0 Å². The number of carbonyl (C=O) groups excluding carboxylic acids is 2. The summed E-state index contributed by atoms with van der Waals surface area (Å²) < 4.78 is 0. The Hall–Kier alpha value is -3.28. The second-order valence-corrected chi connectivity index (χ2v) is 7.09. The van der Waals surface area contributed by atoms with Gasteiger partial charge in [0.25, 0.3) is 0 Å². The highest BCUT2D eigenvalue weighted by molar-refractivity contribution is 6.22. The van der Waals surface area contributed by atoms with Crippen LogP contribution in [0.25, 0.3) is 0 Å². The second-order valence-electron chi connectivity index (χ2n) is 7.09. The van der Waals surface area contributed by atoms with Crippen molar-refractivity contribution < 1.29 is 9.59 Å². The van der Waals surface area contributed by atoms with Crippen LogP contribution < -0.4 is 4.90 Å². The summed E-state index contributed by atoms with van der Waals surface area (Å²) in [5.74, 6) is -1.12. The van der Waals surface area contributed by atoms with Gasteiger partial charge in [-0.2, -0.15) is 10.1 Å². The number of H-pyrrole nitrogens is 1. The Morgan fingerprint density at radius 3 is 1.62 bits per heavy atom. The van der Waals surface area contributed by atoms with Crippen molar-refractivity contribution in [1.82, 2.24) is 15.2 Å². The Morgan fingerprint density at radius 2 is 1.23 bits per heavy atom. The molecule has 6 nitrogen and oxygen atoms in total. The molecular formula is C20H14N4O2. The standard InChI is InChI=1S/C20H14N4O2/c25-18-16-14-10-5-1-2-6-11(10)15(13-8-4-3-7-12(13)14)17(16)19(26)24(18)20-21-9-22-23-20/h1-9,14-17H,(H,21,22,23). The summed E-state index contributed by atoms with van der Waals surface area (Å²) in [7, 11) is 0. The van der Waals surface area contributed by atoms with Gasteiger partial charge in [-0.05, 0) is 22.3 Å². The molecule has 0 spiro atoms. The van der Waals surface area contributed by atoms with Crippen molar-refractivity contribution in [3.63, 3.8) is 0 Å². The molecule has 1 N–H and O–H groups in total. The van der Waals surface area contributed by atoms with E-state index in [2.05, 4.69) is 39.4 Å². The lowest BCUT2D eigenvalue weighted by atomic mass is 9.55. The molecular weight excluding hydrogens is 328 g/mol. The smallest absolute Gasteiger partial charge is 0.241 e. The first-order valence-electron chi connectivity index (χ1n) is 8.68. The molecule has 2 atom stereocenters.